The first-order valence-electron chi connectivity index (χ1n) is 6.58. The molecule has 0 bridgehead atoms. The van der Waals surface area contributed by atoms with Crippen molar-refractivity contribution >= 4 is 21.9 Å². The molecule has 0 radical (unpaired) electrons. The lowest BCUT2D eigenvalue weighted by Gasteiger charge is -2.25. The van der Waals surface area contributed by atoms with Crippen LogP contribution in [0.1, 0.15) is 12.5 Å². The summed E-state index contributed by atoms with van der Waals surface area (Å²) in [5, 5.41) is 9.02. The molecule has 0 aliphatic heterocycles. The molecule has 0 aliphatic carbocycles. The third-order valence-corrected chi connectivity index (χ3v) is 3.89. The van der Waals surface area contributed by atoms with Gasteiger partial charge < -0.3 is 9.84 Å². The fourth-order valence-electron chi connectivity index (χ4n) is 1.64. The van der Waals surface area contributed by atoms with Crippen LogP contribution in [0.25, 0.3) is 0 Å². The molecule has 8 heteroatoms. The van der Waals surface area contributed by atoms with Crippen LogP contribution >= 0.6 is 0 Å². The Labute approximate surface area is 129 Å². The van der Waals surface area contributed by atoms with Crippen molar-refractivity contribution in [1.29, 1.82) is 0 Å². The van der Waals surface area contributed by atoms with Crippen LogP contribution in [-0.4, -0.2) is 55.1 Å². The number of carbonyl (C=O) groups is 2. The first-order chi connectivity index (χ1) is 10.2. The van der Waals surface area contributed by atoms with E-state index < -0.39 is 27.9 Å². The van der Waals surface area contributed by atoms with Gasteiger partial charge in [-0.2, -0.15) is 0 Å². The average Bonchev–Trinajstić information content (AvgIpc) is 2.44. The van der Waals surface area contributed by atoms with Crippen molar-refractivity contribution in [3.05, 3.63) is 35.9 Å². The van der Waals surface area contributed by atoms with E-state index >= 15 is 0 Å². The number of carboxylic acid groups (broad SMARTS) is 1. The van der Waals surface area contributed by atoms with Gasteiger partial charge in [0.2, 0.25) is 0 Å². The first-order valence-corrected chi connectivity index (χ1v) is 8.64. The minimum atomic E-state index is -3.32. The van der Waals surface area contributed by atoms with Crippen LogP contribution in [0.4, 0.5) is 4.79 Å². The minimum absolute atomic E-state index is 0.0125. The number of carboxylic acids is 1. The summed E-state index contributed by atoms with van der Waals surface area (Å²) >= 11 is 0. The predicted octanol–water partition coefficient (Wildman–Crippen LogP) is 1.14. The molecule has 1 amide bonds. The second-order valence-electron chi connectivity index (χ2n) is 4.88. The number of rotatable bonds is 7. The normalized spacial score (nSPS) is 12.5. The minimum Gasteiger partial charge on any atom is -0.480 e. The molecule has 0 saturated heterocycles. The molecular formula is C14H19NO6S. The topological polar surface area (TPSA) is 101 Å². The fraction of sp³-hybridized carbons (Fsp3) is 0.429. The number of carbonyl (C=O) groups excluding carboxylic acids is 1. The van der Waals surface area contributed by atoms with Crippen LogP contribution in [0.3, 0.4) is 0 Å². The maximum Gasteiger partial charge on any atom is 0.410 e. The Bertz CT molecular complexity index is 613. The molecule has 1 rings (SSSR count). The van der Waals surface area contributed by atoms with E-state index in [2.05, 4.69) is 0 Å². The van der Waals surface area contributed by atoms with Gasteiger partial charge in [-0.05, 0) is 12.5 Å². The van der Waals surface area contributed by atoms with Crippen molar-refractivity contribution in [2.24, 2.45) is 0 Å². The van der Waals surface area contributed by atoms with Gasteiger partial charge in [-0.3, -0.25) is 4.90 Å². The molecule has 1 aromatic carbocycles. The van der Waals surface area contributed by atoms with Gasteiger partial charge >= 0.3 is 12.1 Å². The van der Waals surface area contributed by atoms with Crippen molar-refractivity contribution in [3.63, 3.8) is 0 Å². The second kappa shape index (κ2) is 7.79. The molecular weight excluding hydrogens is 310 g/mol. The van der Waals surface area contributed by atoms with Gasteiger partial charge in [0, 0.05) is 12.8 Å². The van der Waals surface area contributed by atoms with E-state index in [0.717, 1.165) is 16.7 Å². The Morgan fingerprint density at radius 2 is 1.86 bits per heavy atom. The summed E-state index contributed by atoms with van der Waals surface area (Å²) in [6.45, 7) is 1.05. The molecule has 22 heavy (non-hydrogen) atoms. The highest BCUT2D eigenvalue weighted by atomic mass is 32.2. The molecule has 7 nitrogen and oxygen atoms in total. The number of amides is 1. The molecule has 0 heterocycles. The van der Waals surface area contributed by atoms with Gasteiger partial charge in [0.25, 0.3) is 0 Å². The summed E-state index contributed by atoms with van der Waals surface area (Å²) in [5.74, 6) is -1.56. The Balaban J connectivity index is 2.72. The van der Waals surface area contributed by atoms with E-state index in [9.17, 15) is 18.0 Å². The van der Waals surface area contributed by atoms with E-state index in [-0.39, 0.29) is 18.9 Å². The van der Waals surface area contributed by atoms with E-state index in [1.807, 2.05) is 6.07 Å². The van der Waals surface area contributed by atoms with Gasteiger partial charge in [0.15, 0.2) is 0 Å². The van der Waals surface area contributed by atoms with E-state index in [1.54, 1.807) is 24.3 Å². The lowest BCUT2D eigenvalue weighted by atomic mass is 10.2. The van der Waals surface area contributed by atoms with Crippen LogP contribution < -0.4 is 0 Å². The Morgan fingerprint density at radius 1 is 1.27 bits per heavy atom. The number of sulfone groups is 1. The number of hydrogen-bond acceptors (Lipinski definition) is 5. The average molecular weight is 329 g/mol. The van der Waals surface area contributed by atoms with Crippen molar-refractivity contribution in [3.8, 4) is 0 Å². The molecule has 1 atom stereocenters. The smallest absolute Gasteiger partial charge is 0.410 e. The summed E-state index contributed by atoms with van der Waals surface area (Å²) < 4.78 is 27.5. The van der Waals surface area contributed by atoms with Crippen LogP contribution in [0.5, 0.6) is 0 Å². The van der Waals surface area contributed by atoms with Crippen LogP contribution in [0, 0.1) is 0 Å². The van der Waals surface area contributed by atoms with Crippen molar-refractivity contribution in [1.82, 2.24) is 4.90 Å². The molecule has 1 N–H and O–H groups in total. The maximum atomic E-state index is 12.0. The number of benzene rings is 1. The standard InChI is InChI=1S/C14H19NO6S/c1-11(13(16)17)15(8-9-22(2,19)20)14(18)21-10-12-6-4-3-5-7-12/h3-7,11H,8-10H2,1-2H3,(H,16,17)/t11-/m0/s1. The fourth-order valence-corrected chi connectivity index (χ4v) is 2.17. The summed E-state index contributed by atoms with van der Waals surface area (Å²) in [7, 11) is -3.32. The Morgan fingerprint density at radius 3 is 2.36 bits per heavy atom. The number of ether oxygens (including phenoxy) is 1. The summed E-state index contributed by atoms with van der Waals surface area (Å²) in [6.07, 6.45) is 0.161. The third-order valence-electron chi connectivity index (χ3n) is 2.97. The lowest BCUT2D eigenvalue weighted by Crippen LogP contribution is -2.45. The zero-order valence-electron chi connectivity index (χ0n) is 12.4. The van der Waals surface area contributed by atoms with E-state index in [4.69, 9.17) is 9.84 Å². The molecule has 0 unspecified atom stereocenters. The highest BCUT2D eigenvalue weighted by molar-refractivity contribution is 7.90. The summed E-state index contributed by atoms with van der Waals surface area (Å²) in [4.78, 5) is 24.0. The van der Waals surface area contributed by atoms with Crippen molar-refractivity contribution < 1.29 is 27.9 Å². The van der Waals surface area contributed by atoms with Gasteiger partial charge in [-0.15, -0.1) is 0 Å². The second-order valence-corrected chi connectivity index (χ2v) is 7.14. The summed E-state index contributed by atoms with van der Waals surface area (Å²) in [6, 6.07) is 7.72. The lowest BCUT2D eigenvalue weighted by molar-refractivity contribution is -0.142. The van der Waals surface area contributed by atoms with E-state index in [1.165, 1.54) is 6.92 Å². The number of nitrogens with zero attached hydrogens (tertiary/aromatic N) is 1. The van der Waals surface area contributed by atoms with Crippen LogP contribution in [0.2, 0.25) is 0 Å². The zero-order chi connectivity index (χ0) is 16.8. The van der Waals surface area contributed by atoms with Crippen LogP contribution in [-0.2, 0) is 26.0 Å². The number of hydrogen-bond donors (Lipinski definition) is 1. The Kier molecular flexibility index (Phi) is 6.36. The summed E-state index contributed by atoms with van der Waals surface area (Å²) in [5.41, 5.74) is 0.752. The molecule has 0 fully saturated rings. The van der Waals surface area contributed by atoms with Gasteiger partial charge in [0.1, 0.15) is 22.5 Å². The molecule has 122 valence electrons. The largest absolute Gasteiger partial charge is 0.480 e. The highest BCUT2D eigenvalue weighted by Gasteiger charge is 2.27. The molecule has 1 aromatic rings. The first kappa shape index (κ1) is 18.0. The monoisotopic (exact) mass is 329 g/mol. The van der Waals surface area contributed by atoms with E-state index in [0.29, 0.717) is 0 Å². The molecule has 0 spiro atoms. The molecule has 0 aliphatic rings. The Hall–Kier alpha value is -2.09. The van der Waals surface area contributed by atoms with Crippen molar-refractivity contribution in [2.75, 3.05) is 18.6 Å². The van der Waals surface area contributed by atoms with Gasteiger partial charge in [-0.25, -0.2) is 18.0 Å². The highest BCUT2D eigenvalue weighted by Crippen LogP contribution is 2.07. The molecule has 0 aromatic heterocycles. The maximum absolute atomic E-state index is 12.0. The third kappa shape index (κ3) is 6.13. The van der Waals surface area contributed by atoms with Gasteiger partial charge in [0.05, 0.1) is 5.75 Å². The number of aliphatic carboxylic acids is 1. The van der Waals surface area contributed by atoms with Crippen LogP contribution in [0.15, 0.2) is 30.3 Å². The van der Waals surface area contributed by atoms with Crippen molar-refractivity contribution in [2.45, 2.75) is 19.6 Å². The zero-order valence-corrected chi connectivity index (χ0v) is 13.2. The quantitative estimate of drug-likeness (QED) is 0.805. The predicted molar refractivity (Wildman–Crippen MR) is 80.1 cm³/mol. The molecule has 0 saturated carbocycles. The SMILES string of the molecule is C[C@@H](C(=O)O)N(CCS(C)(=O)=O)C(=O)OCc1ccccc1. The van der Waals surface area contributed by atoms with Gasteiger partial charge in [-0.1, -0.05) is 30.3 Å².